The minimum Gasteiger partial charge on any atom is -0.492 e. The summed E-state index contributed by atoms with van der Waals surface area (Å²) in [6.07, 6.45) is 0.421. The van der Waals surface area contributed by atoms with E-state index in [0.717, 1.165) is 11.3 Å². The van der Waals surface area contributed by atoms with Gasteiger partial charge in [0, 0.05) is 12.0 Å². The number of fused-ring (bicyclic) bond motifs is 1. The zero-order valence-electron chi connectivity index (χ0n) is 14.5. The third-order valence-corrected chi connectivity index (χ3v) is 4.15. The van der Waals surface area contributed by atoms with Crippen LogP contribution in [0.15, 0.2) is 42.5 Å². The summed E-state index contributed by atoms with van der Waals surface area (Å²) in [5, 5.41) is 0. The van der Waals surface area contributed by atoms with Crippen molar-refractivity contribution in [2.45, 2.75) is 20.3 Å². The van der Waals surface area contributed by atoms with E-state index in [0.29, 0.717) is 36.6 Å². The van der Waals surface area contributed by atoms with Gasteiger partial charge in [-0.25, -0.2) is 0 Å². The lowest BCUT2D eigenvalue weighted by molar-refractivity contribution is -0.121. The van der Waals surface area contributed by atoms with Crippen LogP contribution in [-0.4, -0.2) is 31.4 Å². The van der Waals surface area contributed by atoms with Crippen LogP contribution < -0.4 is 14.4 Å². The first kappa shape index (κ1) is 17.0. The molecule has 2 aromatic carbocycles. The van der Waals surface area contributed by atoms with E-state index in [4.69, 9.17) is 9.47 Å². The largest absolute Gasteiger partial charge is 0.492 e. The first-order chi connectivity index (χ1) is 12.1. The smallest absolute Gasteiger partial charge is 0.265 e. The molecule has 0 radical (unpaired) electrons. The summed E-state index contributed by atoms with van der Waals surface area (Å²) in [5.74, 6) is 1.28. The average Bonchev–Trinajstić information content (AvgIpc) is 2.64. The summed E-state index contributed by atoms with van der Waals surface area (Å²) in [7, 11) is 0. The van der Waals surface area contributed by atoms with E-state index in [9.17, 15) is 9.59 Å². The monoisotopic (exact) mass is 339 g/mol. The van der Waals surface area contributed by atoms with Crippen molar-refractivity contribution < 1.29 is 19.1 Å². The molecule has 0 bridgehead atoms. The van der Waals surface area contributed by atoms with Crippen LogP contribution in [0.2, 0.25) is 0 Å². The molecule has 130 valence electrons. The highest BCUT2D eigenvalue weighted by Crippen LogP contribution is 2.33. The number of aryl methyl sites for hydroxylation is 1. The van der Waals surface area contributed by atoms with Gasteiger partial charge in [0.05, 0.1) is 12.2 Å². The van der Waals surface area contributed by atoms with Crippen molar-refractivity contribution in [3.8, 4) is 11.5 Å². The molecule has 0 atom stereocenters. The third-order valence-electron chi connectivity index (χ3n) is 4.15. The molecule has 1 amide bonds. The Morgan fingerprint density at radius 1 is 1.20 bits per heavy atom. The normalized spacial score (nSPS) is 13.2. The van der Waals surface area contributed by atoms with Gasteiger partial charge in [0.25, 0.3) is 5.91 Å². The maximum absolute atomic E-state index is 12.3. The van der Waals surface area contributed by atoms with E-state index in [2.05, 4.69) is 0 Å². The van der Waals surface area contributed by atoms with E-state index in [1.165, 1.54) is 0 Å². The van der Waals surface area contributed by atoms with Crippen LogP contribution in [0.4, 0.5) is 5.69 Å². The van der Waals surface area contributed by atoms with E-state index >= 15 is 0 Å². The zero-order valence-corrected chi connectivity index (χ0v) is 14.5. The van der Waals surface area contributed by atoms with E-state index in [-0.39, 0.29) is 18.3 Å². The van der Waals surface area contributed by atoms with Crippen LogP contribution in [0.25, 0.3) is 0 Å². The van der Waals surface area contributed by atoms with E-state index < -0.39 is 0 Å². The zero-order chi connectivity index (χ0) is 17.8. The Kier molecular flexibility index (Phi) is 5.03. The van der Waals surface area contributed by atoms with Gasteiger partial charge in [-0.05, 0) is 37.3 Å². The van der Waals surface area contributed by atoms with Crippen LogP contribution in [0.5, 0.6) is 11.5 Å². The van der Waals surface area contributed by atoms with Gasteiger partial charge in [-0.3, -0.25) is 9.59 Å². The van der Waals surface area contributed by atoms with Crippen molar-refractivity contribution in [2.75, 3.05) is 24.7 Å². The van der Waals surface area contributed by atoms with Crippen molar-refractivity contribution >= 4 is 17.4 Å². The van der Waals surface area contributed by atoms with Gasteiger partial charge in [-0.2, -0.15) is 0 Å². The minimum absolute atomic E-state index is 0.00139. The molecular weight excluding hydrogens is 318 g/mol. The van der Waals surface area contributed by atoms with E-state index in [1.54, 1.807) is 23.1 Å². The Balaban J connectivity index is 1.73. The second-order valence-electron chi connectivity index (χ2n) is 5.95. The second kappa shape index (κ2) is 7.38. The maximum Gasteiger partial charge on any atom is 0.265 e. The number of anilines is 1. The minimum atomic E-state index is -0.138. The number of rotatable bonds is 6. The summed E-state index contributed by atoms with van der Waals surface area (Å²) < 4.78 is 11.2. The molecule has 1 aliphatic rings. The molecule has 3 rings (SSSR count). The van der Waals surface area contributed by atoms with Crippen molar-refractivity contribution in [2.24, 2.45) is 0 Å². The number of nitrogens with zero attached hydrogens (tertiary/aromatic N) is 1. The molecule has 0 saturated heterocycles. The molecule has 0 aromatic heterocycles. The van der Waals surface area contributed by atoms with Crippen LogP contribution in [-0.2, 0) is 4.79 Å². The Hall–Kier alpha value is -2.82. The molecule has 0 N–H and O–H groups in total. The maximum atomic E-state index is 12.3. The Morgan fingerprint density at radius 2 is 1.96 bits per heavy atom. The molecular formula is C20H21NO4. The summed E-state index contributed by atoms with van der Waals surface area (Å²) >= 11 is 0. The lowest BCUT2D eigenvalue weighted by atomic mass is 10.1. The number of carbonyl (C=O) groups excluding carboxylic acids is 2. The summed E-state index contributed by atoms with van der Waals surface area (Å²) in [6.45, 7) is 4.59. The first-order valence-corrected chi connectivity index (χ1v) is 8.38. The molecule has 0 spiro atoms. The van der Waals surface area contributed by atoms with E-state index in [1.807, 2.05) is 38.1 Å². The first-order valence-electron chi connectivity index (χ1n) is 8.38. The lowest BCUT2D eigenvalue weighted by Crippen LogP contribution is -2.41. The van der Waals surface area contributed by atoms with Crippen molar-refractivity contribution in [3.63, 3.8) is 0 Å². The van der Waals surface area contributed by atoms with Gasteiger partial charge in [0.2, 0.25) is 0 Å². The van der Waals surface area contributed by atoms with Gasteiger partial charge in [0.1, 0.15) is 18.1 Å². The highest BCUT2D eigenvalue weighted by Gasteiger charge is 2.26. The molecule has 25 heavy (non-hydrogen) atoms. The van der Waals surface area contributed by atoms with Gasteiger partial charge in [-0.15, -0.1) is 0 Å². The highest BCUT2D eigenvalue weighted by molar-refractivity contribution is 6.01. The summed E-state index contributed by atoms with van der Waals surface area (Å²) in [4.78, 5) is 25.8. The predicted octanol–water partition coefficient (Wildman–Crippen LogP) is 3.39. The predicted molar refractivity (Wildman–Crippen MR) is 95.6 cm³/mol. The Morgan fingerprint density at radius 3 is 2.68 bits per heavy atom. The molecule has 1 aliphatic heterocycles. The fourth-order valence-corrected chi connectivity index (χ4v) is 2.71. The van der Waals surface area contributed by atoms with Crippen molar-refractivity contribution in [3.05, 3.63) is 53.6 Å². The topological polar surface area (TPSA) is 55.8 Å². The molecule has 0 aliphatic carbocycles. The fraction of sp³-hybridized carbons (Fsp3) is 0.300. The molecule has 5 nitrogen and oxygen atoms in total. The number of ether oxygens (including phenoxy) is 2. The van der Waals surface area contributed by atoms with Gasteiger partial charge >= 0.3 is 0 Å². The second-order valence-corrected chi connectivity index (χ2v) is 5.95. The number of Topliss-reactive ketones (excluding diaryl/α,β-unsaturated/α-hetero) is 1. The molecule has 0 unspecified atom stereocenters. The molecule has 1 heterocycles. The standard InChI is InChI=1S/C20H21NO4/c1-3-18(22)15-6-9-19-17(12-15)21(20(23)13-25-19)10-11-24-16-7-4-14(2)5-8-16/h4-9,12H,3,10-11,13H2,1-2H3. The molecule has 5 heteroatoms. The number of carbonyl (C=O) groups is 2. The lowest BCUT2D eigenvalue weighted by Gasteiger charge is -2.29. The number of benzene rings is 2. The van der Waals surface area contributed by atoms with Crippen LogP contribution in [0.1, 0.15) is 29.3 Å². The Labute approximate surface area is 147 Å². The van der Waals surface area contributed by atoms with Crippen molar-refractivity contribution in [1.82, 2.24) is 0 Å². The summed E-state index contributed by atoms with van der Waals surface area (Å²) in [5.41, 5.74) is 2.38. The highest BCUT2D eigenvalue weighted by atomic mass is 16.5. The van der Waals surface area contributed by atoms with Gasteiger partial charge in [-0.1, -0.05) is 24.6 Å². The van der Waals surface area contributed by atoms with Gasteiger partial charge < -0.3 is 14.4 Å². The molecule has 0 saturated carbocycles. The van der Waals surface area contributed by atoms with Crippen molar-refractivity contribution in [1.29, 1.82) is 0 Å². The number of ketones is 1. The Bertz CT molecular complexity index is 783. The average molecular weight is 339 g/mol. The number of hydrogen-bond donors (Lipinski definition) is 0. The third kappa shape index (κ3) is 3.82. The van der Waals surface area contributed by atoms with Crippen LogP contribution >= 0.6 is 0 Å². The van der Waals surface area contributed by atoms with Crippen LogP contribution in [0, 0.1) is 6.92 Å². The molecule has 2 aromatic rings. The summed E-state index contributed by atoms with van der Waals surface area (Å²) in [6, 6.07) is 13.0. The van der Waals surface area contributed by atoms with Gasteiger partial charge in [0.15, 0.2) is 12.4 Å². The number of hydrogen-bond acceptors (Lipinski definition) is 4. The fourth-order valence-electron chi connectivity index (χ4n) is 2.71. The van der Waals surface area contributed by atoms with Crippen LogP contribution in [0.3, 0.4) is 0 Å². The SMILES string of the molecule is CCC(=O)c1ccc2c(c1)N(CCOc1ccc(C)cc1)C(=O)CO2. The number of amides is 1. The molecule has 0 fully saturated rings. The quantitative estimate of drug-likeness (QED) is 0.757.